The fourth-order valence-electron chi connectivity index (χ4n) is 3.84. The van der Waals surface area contributed by atoms with Gasteiger partial charge in [-0.25, -0.2) is 9.69 Å². The Balaban J connectivity index is 1.62. The number of carbonyl (C=O) groups is 3. The first kappa shape index (κ1) is 25.0. The summed E-state index contributed by atoms with van der Waals surface area (Å²) in [5, 5.41) is 2.90. The Labute approximate surface area is 214 Å². The van der Waals surface area contributed by atoms with Gasteiger partial charge in [0.25, 0.3) is 11.8 Å². The summed E-state index contributed by atoms with van der Waals surface area (Å²) in [7, 11) is 0. The first-order valence-electron chi connectivity index (χ1n) is 11.4. The van der Waals surface area contributed by atoms with Crippen LogP contribution in [0, 0.1) is 13.8 Å². The summed E-state index contributed by atoms with van der Waals surface area (Å²) in [6.07, 6.45) is 1.44. The number of hydrogen-bond donors (Lipinski definition) is 1. The van der Waals surface area contributed by atoms with Crippen LogP contribution in [0.3, 0.4) is 0 Å². The maximum Gasteiger partial charge on any atom is 0.335 e. The third kappa shape index (κ3) is 5.42. The zero-order valence-electron chi connectivity index (χ0n) is 20.1. The van der Waals surface area contributed by atoms with E-state index in [1.165, 1.54) is 6.08 Å². The zero-order chi connectivity index (χ0) is 25.8. The molecule has 8 heteroatoms. The molecule has 0 saturated carbocycles. The highest BCUT2D eigenvalue weighted by Crippen LogP contribution is 2.31. The number of nitrogens with one attached hydrogen (secondary N) is 1. The Morgan fingerprint density at radius 1 is 0.917 bits per heavy atom. The number of imide groups is 2. The summed E-state index contributed by atoms with van der Waals surface area (Å²) in [6, 6.07) is 17.0. The lowest BCUT2D eigenvalue weighted by Crippen LogP contribution is -2.54. The Bertz CT molecular complexity index is 1360. The summed E-state index contributed by atoms with van der Waals surface area (Å²) < 4.78 is 11.7. The predicted octanol–water partition coefficient (Wildman–Crippen LogP) is 5.60. The summed E-state index contributed by atoms with van der Waals surface area (Å²) in [6.45, 7) is 6.28. The first-order valence-corrected chi connectivity index (χ1v) is 11.8. The number of rotatable bonds is 7. The maximum absolute atomic E-state index is 13.3. The minimum atomic E-state index is -0.782. The third-order valence-corrected chi connectivity index (χ3v) is 5.83. The van der Waals surface area contributed by atoms with Gasteiger partial charge >= 0.3 is 6.03 Å². The van der Waals surface area contributed by atoms with E-state index in [9.17, 15) is 14.4 Å². The Morgan fingerprint density at radius 3 is 2.36 bits per heavy atom. The SMILES string of the molecule is CCOc1cc(/C=C2\C(=O)NC(=O)N(c3ccc(C)cc3C)C2=O)ccc1OCc1ccc(Cl)cc1. The van der Waals surface area contributed by atoms with Crippen LogP contribution < -0.4 is 19.7 Å². The van der Waals surface area contributed by atoms with Crippen LogP contribution >= 0.6 is 11.6 Å². The molecular weight excluding hydrogens is 480 g/mol. The number of halogens is 1. The molecule has 1 N–H and O–H groups in total. The van der Waals surface area contributed by atoms with Crippen LogP contribution in [0.4, 0.5) is 10.5 Å². The number of carbonyl (C=O) groups excluding carboxylic acids is 3. The lowest BCUT2D eigenvalue weighted by atomic mass is 10.0. The van der Waals surface area contributed by atoms with Crippen LogP contribution in [0.5, 0.6) is 11.5 Å². The van der Waals surface area contributed by atoms with Crippen LogP contribution in [0.25, 0.3) is 6.08 Å². The van der Waals surface area contributed by atoms with E-state index < -0.39 is 17.8 Å². The minimum Gasteiger partial charge on any atom is -0.490 e. The van der Waals surface area contributed by atoms with Gasteiger partial charge in [0.15, 0.2) is 11.5 Å². The van der Waals surface area contributed by atoms with Gasteiger partial charge in [0.1, 0.15) is 12.2 Å². The van der Waals surface area contributed by atoms with Crippen LogP contribution in [0.15, 0.2) is 66.2 Å². The monoisotopic (exact) mass is 504 g/mol. The van der Waals surface area contributed by atoms with Gasteiger partial charge in [-0.05, 0) is 73.9 Å². The number of benzene rings is 3. The molecule has 1 aliphatic heterocycles. The molecule has 1 aliphatic rings. The number of amides is 4. The topological polar surface area (TPSA) is 84.9 Å². The maximum atomic E-state index is 13.3. The lowest BCUT2D eigenvalue weighted by molar-refractivity contribution is -0.122. The normalized spacial score (nSPS) is 14.7. The number of nitrogens with zero attached hydrogens (tertiary/aromatic N) is 1. The van der Waals surface area contributed by atoms with Crippen LogP contribution in [-0.4, -0.2) is 24.5 Å². The lowest BCUT2D eigenvalue weighted by Gasteiger charge is -2.27. The van der Waals surface area contributed by atoms with E-state index in [-0.39, 0.29) is 5.57 Å². The summed E-state index contributed by atoms with van der Waals surface area (Å²) in [5.74, 6) is -0.476. The number of urea groups is 1. The smallest absolute Gasteiger partial charge is 0.335 e. The van der Waals surface area contributed by atoms with E-state index in [1.54, 1.807) is 49.4 Å². The average molecular weight is 505 g/mol. The predicted molar refractivity (Wildman–Crippen MR) is 138 cm³/mol. The summed E-state index contributed by atoms with van der Waals surface area (Å²) in [4.78, 5) is 39.4. The molecule has 1 heterocycles. The quantitative estimate of drug-likeness (QED) is 0.334. The number of anilines is 1. The van der Waals surface area contributed by atoms with Crippen molar-refractivity contribution in [3.8, 4) is 11.5 Å². The second kappa shape index (κ2) is 10.7. The molecule has 0 aromatic heterocycles. The van der Waals surface area contributed by atoms with Gasteiger partial charge < -0.3 is 9.47 Å². The van der Waals surface area contributed by atoms with E-state index in [0.717, 1.165) is 21.6 Å². The minimum absolute atomic E-state index is 0.160. The van der Waals surface area contributed by atoms with E-state index in [1.807, 2.05) is 32.0 Å². The molecule has 4 rings (SSSR count). The van der Waals surface area contributed by atoms with Crippen molar-refractivity contribution < 1.29 is 23.9 Å². The average Bonchev–Trinajstić information content (AvgIpc) is 2.83. The molecule has 0 bridgehead atoms. The standard InChI is InChI=1S/C28H25ClN2O5/c1-4-35-25-15-20(8-12-24(25)36-16-19-6-9-21(29)10-7-19)14-22-26(32)30-28(34)31(27(22)33)23-11-5-17(2)13-18(23)3/h5-15H,4,16H2,1-3H3,(H,30,32,34)/b22-14+. The molecule has 0 radical (unpaired) electrons. The number of aryl methyl sites for hydroxylation is 2. The largest absolute Gasteiger partial charge is 0.490 e. The van der Waals surface area contributed by atoms with Gasteiger partial charge in [-0.15, -0.1) is 0 Å². The molecule has 7 nitrogen and oxygen atoms in total. The van der Waals surface area contributed by atoms with Crippen molar-refractivity contribution in [3.05, 3.63) is 93.5 Å². The molecule has 3 aromatic carbocycles. The molecule has 0 aliphatic carbocycles. The van der Waals surface area contributed by atoms with Gasteiger partial charge in [0.2, 0.25) is 0 Å². The van der Waals surface area contributed by atoms with Gasteiger partial charge in [-0.1, -0.05) is 47.5 Å². The Kier molecular flexibility index (Phi) is 7.41. The van der Waals surface area contributed by atoms with Crippen molar-refractivity contribution >= 4 is 41.2 Å². The fraction of sp³-hybridized carbons (Fsp3) is 0.179. The van der Waals surface area contributed by atoms with E-state index in [0.29, 0.717) is 41.0 Å². The fourth-order valence-corrected chi connectivity index (χ4v) is 3.97. The van der Waals surface area contributed by atoms with Gasteiger partial charge in [0.05, 0.1) is 12.3 Å². The Hall–Kier alpha value is -4.10. The molecule has 36 heavy (non-hydrogen) atoms. The highest BCUT2D eigenvalue weighted by molar-refractivity contribution is 6.39. The molecular formula is C28H25ClN2O5. The molecule has 1 saturated heterocycles. The Morgan fingerprint density at radius 2 is 1.67 bits per heavy atom. The molecule has 3 aromatic rings. The number of hydrogen-bond acceptors (Lipinski definition) is 5. The molecule has 0 unspecified atom stereocenters. The van der Waals surface area contributed by atoms with Crippen molar-refractivity contribution in [2.75, 3.05) is 11.5 Å². The van der Waals surface area contributed by atoms with E-state index >= 15 is 0 Å². The van der Waals surface area contributed by atoms with Gasteiger partial charge in [0, 0.05) is 5.02 Å². The number of ether oxygens (including phenoxy) is 2. The van der Waals surface area contributed by atoms with Crippen molar-refractivity contribution in [2.45, 2.75) is 27.4 Å². The molecule has 184 valence electrons. The summed E-state index contributed by atoms with van der Waals surface area (Å²) in [5.41, 5.74) is 3.48. The molecule has 0 spiro atoms. The molecule has 1 fully saturated rings. The second-order valence-electron chi connectivity index (χ2n) is 8.30. The van der Waals surface area contributed by atoms with Crippen molar-refractivity contribution in [2.24, 2.45) is 0 Å². The highest BCUT2D eigenvalue weighted by Gasteiger charge is 2.37. The number of barbiturate groups is 1. The molecule has 0 atom stereocenters. The van der Waals surface area contributed by atoms with E-state index in [2.05, 4.69) is 5.32 Å². The van der Waals surface area contributed by atoms with Crippen molar-refractivity contribution in [1.82, 2.24) is 5.32 Å². The first-order chi connectivity index (χ1) is 17.3. The third-order valence-electron chi connectivity index (χ3n) is 5.58. The van der Waals surface area contributed by atoms with Crippen LogP contribution in [-0.2, 0) is 16.2 Å². The van der Waals surface area contributed by atoms with E-state index in [4.69, 9.17) is 21.1 Å². The van der Waals surface area contributed by atoms with Gasteiger partial charge in [-0.2, -0.15) is 0 Å². The molecule has 4 amide bonds. The van der Waals surface area contributed by atoms with Crippen molar-refractivity contribution in [1.29, 1.82) is 0 Å². The highest BCUT2D eigenvalue weighted by atomic mass is 35.5. The van der Waals surface area contributed by atoms with Crippen molar-refractivity contribution in [3.63, 3.8) is 0 Å². The zero-order valence-corrected chi connectivity index (χ0v) is 20.9. The van der Waals surface area contributed by atoms with Crippen LogP contribution in [0.1, 0.15) is 29.2 Å². The van der Waals surface area contributed by atoms with Gasteiger partial charge in [-0.3, -0.25) is 14.9 Å². The summed E-state index contributed by atoms with van der Waals surface area (Å²) >= 11 is 5.94. The second-order valence-corrected chi connectivity index (χ2v) is 8.74. The van der Waals surface area contributed by atoms with Crippen LogP contribution in [0.2, 0.25) is 5.02 Å².